The fourth-order valence-electron chi connectivity index (χ4n) is 2.30. The maximum absolute atomic E-state index is 5.74. The number of benzene rings is 1. The van der Waals surface area contributed by atoms with Gasteiger partial charge in [-0.3, -0.25) is 11.3 Å². The number of hydrogen-bond donors (Lipinski definition) is 2. The summed E-state index contributed by atoms with van der Waals surface area (Å²) < 4.78 is 11.3. The van der Waals surface area contributed by atoms with E-state index in [9.17, 15) is 0 Å². The average molecular weight is 291 g/mol. The first-order valence-electron chi connectivity index (χ1n) is 6.53. The average Bonchev–Trinajstić information content (AvgIpc) is 2.89. The molecule has 20 heavy (non-hydrogen) atoms. The van der Waals surface area contributed by atoms with Crippen LogP contribution >= 0.6 is 11.3 Å². The molecule has 2 aromatic rings. The number of nitrogens with one attached hydrogen (secondary N) is 1. The first-order chi connectivity index (χ1) is 9.78. The number of aryl methyl sites for hydroxylation is 1. The van der Waals surface area contributed by atoms with Gasteiger partial charge in [-0.15, -0.1) is 11.3 Å². The largest absolute Gasteiger partial charge is 0.486 e. The van der Waals surface area contributed by atoms with E-state index in [-0.39, 0.29) is 6.04 Å². The lowest BCUT2D eigenvalue weighted by Crippen LogP contribution is -2.30. The molecule has 1 atom stereocenters. The molecule has 5 nitrogen and oxygen atoms in total. The molecule has 1 aliphatic heterocycles. The van der Waals surface area contributed by atoms with Gasteiger partial charge < -0.3 is 9.47 Å². The standard InChI is InChI=1S/C14H17N3O2S/c1-9-8-20-13(16-9)7-11(17-15)10-3-2-4-12-14(10)19-6-5-18-12/h2-4,8,11,17H,5-7,15H2,1H3. The van der Waals surface area contributed by atoms with Gasteiger partial charge in [0.05, 0.1) is 11.0 Å². The van der Waals surface area contributed by atoms with Gasteiger partial charge in [0, 0.05) is 23.1 Å². The van der Waals surface area contributed by atoms with Crippen molar-refractivity contribution in [3.05, 3.63) is 39.8 Å². The highest BCUT2D eigenvalue weighted by Crippen LogP contribution is 2.37. The molecular formula is C14H17N3O2S. The quantitative estimate of drug-likeness (QED) is 0.666. The van der Waals surface area contributed by atoms with Crippen LogP contribution in [0.1, 0.15) is 22.3 Å². The third kappa shape index (κ3) is 2.63. The Kier molecular flexibility index (Phi) is 3.86. The number of aromatic nitrogens is 1. The molecule has 106 valence electrons. The number of nitrogens with zero attached hydrogens (tertiary/aromatic N) is 1. The molecule has 1 aromatic heterocycles. The molecule has 1 aromatic carbocycles. The van der Waals surface area contributed by atoms with E-state index in [0.29, 0.717) is 13.2 Å². The van der Waals surface area contributed by atoms with Crippen LogP contribution in [0, 0.1) is 6.92 Å². The maximum Gasteiger partial charge on any atom is 0.166 e. The Labute approximate surface area is 121 Å². The molecule has 1 unspecified atom stereocenters. The maximum atomic E-state index is 5.74. The van der Waals surface area contributed by atoms with E-state index >= 15 is 0 Å². The number of fused-ring (bicyclic) bond motifs is 1. The summed E-state index contributed by atoms with van der Waals surface area (Å²) >= 11 is 1.65. The van der Waals surface area contributed by atoms with Crippen molar-refractivity contribution in [1.29, 1.82) is 0 Å². The Balaban J connectivity index is 1.89. The van der Waals surface area contributed by atoms with Crippen molar-refractivity contribution in [1.82, 2.24) is 10.4 Å². The van der Waals surface area contributed by atoms with E-state index in [1.54, 1.807) is 11.3 Å². The normalized spacial score (nSPS) is 15.1. The van der Waals surface area contributed by atoms with Crippen LogP contribution in [-0.2, 0) is 6.42 Å². The third-order valence-corrected chi connectivity index (χ3v) is 4.21. The van der Waals surface area contributed by atoms with Gasteiger partial charge >= 0.3 is 0 Å². The lowest BCUT2D eigenvalue weighted by Gasteiger charge is -2.24. The van der Waals surface area contributed by atoms with Crippen LogP contribution in [0.3, 0.4) is 0 Å². The summed E-state index contributed by atoms with van der Waals surface area (Å²) in [6, 6.07) is 5.84. The minimum absolute atomic E-state index is 0.0443. The van der Waals surface area contributed by atoms with Crippen molar-refractivity contribution in [3.63, 3.8) is 0 Å². The third-order valence-electron chi connectivity index (χ3n) is 3.22. The van der Waals surface area contributed by atoms with Crippen molar-refractivity contribution < 1.29 is 9.47 Å². The predicted octanol–water partition coefficient (Wildman–Crippen LogP) is 1.97. The number of thiazole rings is 1. The fraction of sp³-hybridized carbons (Fsp3) is 0.357. The number of nitrogens with two attached hydrogens (primary N) is 1. The number of para-hydroxylation sites is 1. The Hall–Kier alpha value is -1.63. The molecule has 6 heteroatoms. The second-order valence-electron chi connectivity index (χ2n) is 4.68. The summed E-state index contributed by atoms with van der Waals surface area (Å²) in [6.07, 6.45) is 0.731. The highest BCUT2D eigenvalue weighted by Gasteiger charge is 2.22. The molecular weight excluding hydrogens is 274 g/mol. The fourth-order valence-corrected chi connectivity index (χ4v) is 3.12. The molecule has 0 saturated heterocycles. The Morgan fingerprint density at radius 1 is 1.40 bits per heavy atom. The van der Waals surface area contributed by atoms with E-state index in [0.717, 1.165) is 34.2 Å². The molecule has 0 spiro atoms. The second-order valence-corrected chi connectivity index (χ2v) is 5.62. The van der Waals surface area contributed by atoms with Gasteiger partial charge in [-0.25, -0.2) is 4.98 Å². The van der Waals surface area contributed by atoms with E-state index in [1.807, 2.05) is 30.5 Å². The van der Waals surface area contributed by atoms with Gasteiger partial charge in [0.25, 0.3) is 0 Å². The predicted molar refractivity (Wildman–Crippen MR) is 78.1 cm³/mol. The van der Waals surface area contributed by atoms with Gasteiger partial charge in [0.2, 0.25) is 0 Å². The minimum Gasteiger partial charge on any atom is -0.486 e. The van der Waals surface area contributed by atoms with Crippen molar-refractivity contribution in [2.45, 2.75) is 19.4 Å². The summed E-state index contributed by atoms with van der Waals surface area (Å²) in [5.74, 6) is 7.29. The van der Waals surface area contributed by atoms with Gasteiger partial charge in [-0.1, -0.05) is 12.1 Å². The van der Waals surface area contributed by atoms with E-state index < -0.39 is 0 Å². The zero-order chi connectivity index (χ0) is 13.9. The van der Waals surface area contributed by atoms with Crippen molar-refractivity contribution in [2.75, 3.05) is 13.2 Å². The van der Waals surface area contributed by atoms with Crippen LogP contribution in [0.15, 0.2) is 23.6 Å². The molecule has 0 amide bonds. The lowest BCUT2D eigenvalue weighted by molar-refractivity contribution is 0.168. The van der Waals surface area contributed by atoms with Gasteiger partial charge in [0.15, 0.2) is 11.5 Å². The van der Waals surface area contributed by atoms with Gasteiger partial charge in [0.1, 0.15) is 13.2 Å². The smallest absolute Gasteiger partial charge is 0.166 e. The van der Waals surface area contributed by atoms with Gasteiger partial charge in [-0.05, 0) is 13.0 Å². The van der Waals surface area contributed by atoms with Crippen LogP contribution in [0.5, 0.6) is 11.5 Å². The number of rotatable bonds is 4. The SMILES string of the molecule is Cc1csc(CC(NN)c2cccc3c2OCCO3)n1. The first kappa shape index (κ1) is 13.4. The minimum atomic E-state index is -0.0443. The number of hydrogen-bond acceptors (Lipinski definition) is 6. The van der Waals surface area contributed by atoms with E-state index in [2.05, 4.69) is 10.4 Å². The second kappa shape index (κ2) is 5.78. The molecule has 0 radical (unpaired) electrons. The van der Waals surface area contributed by atoms with Crippen molar-refractivity contribution in [2.24, 2.45) is 5.84 Å². The first-order valence-corrected chi connectivity index (χ1v) is 7.41. The molecule has 1 aliphatic rings. The summed E-state index contributed by atoms with van der Waals surface area (Å²) in [4.78, 5) is 4.49. The highest BCUT2D eigenvalue weighted by atomic mass is 32.1. The van der Waals surface area contributed by atoms with Crippen molar-refractivity contribution in [3.8, 4) is 11.5 Å². The lowest BCUT2D eigenvalue weighted by atomic mass is 10.0. The monoisotopic (exact) mass is 291 g/mol. The van der Waals surface area contributed by atoms with Crippen molar-refractivity contribution >= 4 is 11.3 Å². The van der Waals surface area contributed by atoms with Crippen LogP contribution in [0.2, 0.25) is 0 Å². The molecule has 3 rings (SSSR count). The number of hydrazine groups is 1. The summed E-state index contributed by atoms with van der Waals surface area (Å²) in [6.45, 7) is 3.15. The van der Waals surface area contributed by atoms with Crippen LogP contribution < -0.4 is 20.7 Å². The molecule has 2 heterocycles. The summed E-state index contributed by atoms with van der Waals surface area (Å²) in [5, 5.41) is 3.10. The van der Waals surface area contributed by atoms with Crippen LogP contribution in [0.25, 0.3) is 0 Å². The highest BCUT2D eigenvalue weighted by molar-refractivity contribution is 7.09. The molecule has 0 bridgehead atoms. The number of ether oxygens (including phenoxy) is 2. The van der Waals surface area contributed by atoms with Crippen LogP contribution in [0.4, 0.5) is 0 Å². The summed E-state index contributed by atoms with van der Waals surface area (Å²) in [7, 11) is 0. The Morgan fingerprint density at radius 2 is 2.25 bits per heavy atom. The zero-order valence-corrected chi connectivity index (χ0v) is 12.1. The van der Waals surface area contributed by atoms with Crippen LogP contribution in [-0.4, -0.2) is 18.2 Å². The molecule has 0 saturated carbocycles. The molecule has 3 N–H and O–H groups in total. The topological polar surface area (TPSA) is 69.4 Å². The summed E-state index contributed by atoms with van der Waals surface area (Å²) in [5.41, 5.74) is 4.91. The Bertz CT molecular complexity index is 600. The zero-order valence-electron chi connectivity index (χ0n) is 11.3. The van der Waals surface area contributed by atoms with Gasteiger partial charge in [-0.2, -0.15) is 0 Å². The van der Waals surface area contributed by atoms with E-state index in [4.69, 9.17) is 15.3 Å². The Morgan fingerprint density at radius 3 is 3.00 bits per heavy atom. The van der Waals surface area contributed by atoms with E-state index in [1.165, 1.54) is 0 Å². The molecule has 0 aliphatic carbocycles. The molecule has 0 fully saturated rings.